The van der Waals surface area contributed by atoms with Gasteiger partial charge in [0.1, 0.15) is 5.60 Å². The van der Waals surface area contributed by atoms with E-state index in [-0.39, 0.29) is 5.91 Å². The van der Waals surface area contributed by atoms with Crippen molar-refractivity contribution in [3.05, 3.63) is 48.3 Å². The molecule has 5 heteroatoms. The van der Waals surface area contributed by atoms with Crippen molar-refractivity contribution in [2.24, 2.45) is 5.92 Å². The summed E-state index contributed by atoms with van der Waals surface area (Å²) in [5.41, 5.74) is 0.712. The molecule has 0 spiro atoms. The molecule has 1 aromatic carbocycles. The third-order valence-corrected chi connectivity index (χ3v) is 4.38. The average molecular weight is 283 g/mol. The molecule has 5 nitrogen and oxygen atoms in total. The number of carbonyl (C=O) groups is 1. The van der Waals surface area contributed by atoms with Crippen LogP contribution in [-0.2, 0) is 0 Å². The number of hydrogen-bond acceptors (Lipinski definition) is 3. The van der Waals surface area contributed by atoms with E-state index in [4.69, 9.17) is 0 Å². The Hall–Kier alpha value is -2.14. The number of para-hydroxylation sites is 1. The number of carbonyl (C=O) groups excluding carboxylic acids is 1. The summed E-state index contributed by atoms with van der Waals surface area (Å²) >= 11 is 0. The number of likely N-dealkylation sites (tertiary alicyclic amines) is 1. The van der Waals surface area contributed by atoms with Gasteiger partial charge in [-0.05, 0) is 37.0 Å². The minimum Gasteiger partial charge on any atom is -0.386 e. The van der Waals surface area contributed by atoms with Crippen LogP contribution in [0.2, 0.25) is 0 Å². The number of aliphatic hydroxyl groups is 1. The van der Waals surface area contributed by atoms with E-state index in [0.717, 1.165) is 18.5 Å². The molecule has 1 saturated heterocycles. The monoisotopic (exact) mass is 283 g/mol. The first kappa shape index (κ1) is 12.6. The van der Waals surface area contributed by atoms with E-state index in [2.05, 4.69) is 5.10 Å². The summed E-state index contributed by atoms with van der Waals surface area (Å²) in [6.07, 6.45) is 3.96. The Morgan fingerprint density at radius 1 is 1.19 bits per heavy atom. The Bertz CT molecular complexity index is 670. The lowest BCUT2D eigenvalue weighted by Gasteiger charge is -2.46. The van der Waals surface area contributed by atoms with Gasteiger partial charge in [-0.15, -0.1) is 0 Å². The van der Waals surface area contributed by atoms with Crippen LogP contribution in [0.1, 0.15) is 23.3 Å². The maximum absolute atomic E-state index is 12.3. The lowest BCUT2D eigenvalue weighted by Crippen LogP contribution is -2.64. The number of β-amino-alcohol motifs (C(OH)–C–C–N with tert-alkyl or cyclic N) is 1. The summed E-state index contributed by atoms with van der Waals surface area (Å²) in [5, 5.41) is 14.6. The van der Waals surface area contributed by atoms with Crippen LogP contribution in [0.15, 0.2) is 42.6 Å². The van der Waals surface area contributed by atoms with Gasteiger partial charge in [-0.3, -0.25) is 4.79 Å². The molecular formula is C16H17N3O2. The Morgan fingerprint density at radius 2 is 1.90 bits per heavy atom. The molecule has 1 aromatic heterocycles. The van der Waals surface area contributed by atoms with Crippen molar-refractivity contribution < 1.29 is 9.90 Å². The van der Waals surface area contributed by atoms with Crippen LogP contribution in [0.25, 0.3) is 5.69 Å². The van der Waals surface area contributed by atoms with Crippen LogP contribution in [0.3, 0.4) is 0 Å². The van der Waals surface area contributed by atoms with E-state index < -0.39 is 5.60 Å². The van der Waals surface area contributed by atoms with Gasteiger partial charge in [-0.2, -0.15) is 5.10 Å². The number of amides is 1. The minimum absolute atomic E-state index is 0.102. The van der Waals surface area contributed by atoms with Gasteiger partial charge in [0.25, 0.3) is 5.91 Å². The number of hydrogen-bond donors (Lipinski definition) is 1. The first-order chi connectivity index (χ1) is 10.2. The van der Waals surface area contributed by atoms with Gasteiger partial charge < -0.3 is 10.0 Å². The third kappa shape index (κ3) is 2.14. The van der Waals surface area contributed by atoms with E-state index in [1.807, 2.05) is 30.3 Å². The van der Waals surface area contributed by atoms with Crippen molar-refractivity contribution in [1.82, 2.24) is 14.7 Å². The second kappa shape index (κ2) is 4.43. The van der Waals surface area contributed by atoms with Gasteiger partial charge in [-0.1, -0.05) is 18.2 Å². The van der Waals surface area contributed by atoms with E-state index >= 15 is 0 Å². The molecule has 2 heterocycles. The standard InChI is InChI=1S/C16H17N3O2/c20-15(18-10-16(21,11-18)12-6-7-12)14-8-9-19(17-14)13-4-2-1-3-5-13/h1-5,8-9,12,21H,6-7,10-11H2. The molecule has 1 aliphatic heterocycles. The normalized spacial score (nSPS) is 20.1. The summed E-state index contributed by atoms with van der Waals surface area (Å²) in [4.78, 5) is 14.0. The van der Waals surface area contributed by atoms with Crippen molar-refractivity contribution in [2.75, 3.05) is 13.1 Å². The highest BCUT2D eigenvalue weighted by molar-refractivity contribution is 5.93. The summed E-state index contributed by atoms with van der Waals surface area (Å²) in [7, 11) is 0. The van der Waals surface area contributed by atoms with Gasteiger partial charge in [0.2, 0.25) is 0 Å². The van der Waals surface area contributed by atoms with Crippen LogP contribution < -0.4 is 0 Å². The molecule has 1 saturated carbocycles. The third-order valence-electron chi connectivity index (χ3n) is 4.38. The molecule has 108 valence electrons. The maximum Gasteiger partial charge on any atom is 0.274 e. The molecule has 0 radical (unpaired) electrons. The number of nitrogens with zero attached hydrogens (tertiary/aromatic N) is 3. The van der Waals surface area contributed by atoms with Gasteiger partial charge in [0, 0.05) is 6.20 Å². The van der Waals surface area contributed by atoms with E-state index in [0.29, 0.717) is 24.7 Å². The fourth-order valence-corrected chi connectivity index (χ4v) is 2.96. The molecule has 2 aliphatic rings. The zero-order chi connectivity index (χ0) is 14.4. The zero-order valence-corrected chi connectivity index (χ0v) is 11.6. The molecule has 1 N–H and O–H groups in total. The smallest absolute Gasteiger partial charge is 0.274 e. The lowest BCUT2D eigenvalue weighted by molar-refractivity contribution is -0.0959. The molecule has 1 aliphatic carbocycles. The van der Waals surface area contributed by atoms with Gasteiger partial charge >= 0.3 is 0 Å². The molecule has 0 atom stereocenters. The highest BCUT2D eigenvalue weighted by Crippen LogP contribution is 2.44. The van der Waals surface area contributed by atoms with E-state index in [1.165, 1.54) is 0 Å². The maximum atomic E-state index is 12.3. The highest BCUT2D eigenvalue weighted by atomic mass is 16.3. The highest BCUT2D eigenvalue weighted by Gasteiger charge is 2.53. The molecule has 4 rings (SSSR count). The van der Waals surface area contributed by atoms with Gasteiger partial charge in [-0.25, -0.2) is 4.68 Å². The Labute approximate surface area is 122 Å². The van der Waals surface area contributed by atoms with Crippen molar-refractivity contribution in [1.29, 1.82) is 0 Å². The lowest BCUT2D eigenvalue weighted by atomic mass is 9.88. The average Bonchev–Trinajstić information content (AvgIpc) is 3.22. The van der Waals surface area contributed by atoms with E-state index in [9.17, 15) is 9.90 Å². The number of aromatic nitrogens is 2. The Kier molecular flexibility index (Phi) is 2.65. The van der Waals surface area contributed by atoms with Crippen molar-refractivity contribution in [2.45, 2.75) is 18.4 Å². The van der Waals surface area contributed by atoms with E-state index in [1.54, 1.807) is 21.8 Å². The SMILES string of the molecule is O=C(c1ccn(-c2ccccc2)n1)N1CC(O)(C2CC2)C1. The largest absolute Gasteiger partial charge is 0.386 e. The van der Waals surface area contributed by atoms with Crippen molar-refractivity contribution >= 4 is 5.91 Å². The Morgan fingerprint density at radius 3 is 2.57 bits per heavy atom. The summed E-state index contributed by atoms with van der Waals surface area (Å²) in [5.74, 6) is 0.290. The summed E-state index contributed by atoms with van der Waals surface area (Å²) in [6.45, 7) is 0.878. The summed E-state index contributed by atoms with van der Waals surface area (Å²) < 4.78 is 1.69. The molecule has 0 unspecified atom stereocenters. The molecule has 1 amide bonds. The van der Waals surface area contributed by atoms with Crippen LogP contribution in [0.5, 0.6) is 0 Å². The predicted molar refractivity (Wildman–Crippen MR) is 77.1 cm³/mol. The fourth-order valence-electron chi connectivity index (χ4n) is 2.96. The quantitative estimate of drug-likeness (QED) is 0.928. The second-order valence-corrected chi connectivity index (χ2v) is 6.02. The first-order valence-electron chi connectivity index (χ1n) is 7.28. The fraction of sp³-hybridized carbons (Fsp3) is 0.375. The van der Waals surface area contributed by atoms with Gasteiger partial charge in [0.05, 0.1) is 18.8 Å². The Balaban J connectivity index is 1.48. The molecular weight excluding hydrogens is 266 g/mol. The number of benzene rings is 1. The van der Waals surface area contributed by atoms with Crippen molar-refractivity contribution in [3.8, 4) is 5.69 Å². The predicted octanol–water partition coefficient (Wildman–Crippen LogP) is 1.47. The van der Waals surface area contributed by atoms with Gasteiger partial charge in [0.15, 0.2) is 5.69 Å². The molecule has 0 bridgehead atoms. The van der Waals surface area contributed by atoms with Crippen LogP contribution >= 0.6 is 0 Å². The van der Waals surface area contributed by atoms with Crippen molar-refractivity contribution in [3.63, 3.8) is 0 Å². The summed E-state index contributed by atoms with van der Waals surface area (Å²) in [6, 6.07) is 11.4. The first-order valence-corrected chi connectivity index (χ1v) is 7.28. The van der Waals surface area contributed by atoms with Crippen LogP contribution in [0, 0.1) is 5.92 Å². The topological polar surface area (TPSA) is 58.4 Å². The minimum atomic E-state index is -0.641. The second-order valence-electron chi connectivity index (χ2n) is 6.02. The zero-order valence-electron chi connectivity index (χ0n) is 11.6. The van der Waals surface area contributed by atoms with Crippen LogP contribution in [-0.4, -0.2) is 44.4 Å². The molecule has 2 aromatic rings. The molecule has 21 heavy (non-hydrogen) atoms. The van der Waals surface area contributed by atoms with Crippen LogP contribution in [0.4, 0.5) is 0 Å². The number of rotatable bonds is 3. The molecule has 2 fully saturated rings.